The Labute approximate surface area is 99.9 Å². The summed E-state index contributed by atoms with van der Waals surface area (Å²) in [4.78, 5) is 26.3. The maximum Gasteiger partial charge on any atom is 0.303 e. The van der Waals surface area contributed by atoms with Crippen molar-refractivity contribution in [2.75, 3.05) is 6.54 Å². The molecular weight excluding hydrogens is 220 g/mol. The number of hydrogen-bond donors (Lipinski definition) is 2. The first kappa shape index (κ1) is 13.2. The highest BCUT2D eigenvalue weighted by atomic mass is 16.4. The molecule has 1 unspecified atom stereocenters. The molecule has 1 atom stereocenters. The molecular formula is C12H16N2O3. The van der Waals surface area contributed by atoms with Crippen LogP contribution >= 0.6 is 0 Å². The minimum atomic E-state index is -0.900. The van der Waals surface area contributed by atoms with Gasteiger partial charge in [0, 0.05) is 25.4 Å². The zero-order valence-electron chi connectivity index (χ0n) is 9.72. The van der Waals surface area contributed by atoms with Crippen molar-refractivity contribution < 1.29 is 14.7 Å². The highest BCUT2D eigenvalue weighted by molar-refractivity contribution is 5.84. The molecule has 1 aromatic rings. The van der Waals surface area contributed by atoms with Gasteiger partial charge in [0.05, 0.1) is 5.92 Å². The van der Waals surface area contributed by atoms with E-state index in [1.54, 1.807) is 24.5 Å². The summed E-state index contributed by atoms with van der Waals surface area (Å²) in [5.74, 6) is -1.50. The van der Waals surface area contributed by atoms with Gasteiger partial charge in [-0.2, -0.15) is 0 Å². The minimum Gasteiger partial charge on any atom is -0.481 e. The van der Waals surface area contributed by atoms with E-state index in [-0.39, 0.29) is 18.7 Å². The summed E-state index contributed by atoms with van der Waals surface area (Å²) in [5.41, 5.74) is 0.750. The van der Waals surface area contributed by atoms with Crippen LogP contribution in [0, 0.1) is 0 Å². The number of carboxylic acid groups (broad SMARTS) is 1. The number of carbonyl (C=O) groups excluding carboxylic acids is 1. The van der Waals surface area contributed by atoms with Gasteiger partial charge in [0.15, 0.2) is 0 Å². The van der Waals surface area contributed by atoms with Crippen LogP contribution in [0.25, 0.3) is 0 Å². The summed E-state index contributed by atoms with van der Waals surface area (Å²) in [6, 6.07) is 3.52. The Bertz CT molecular complexity index is 379. The molecule has 0 saturated heterocycles. The quantitative estimate of drug-likeness (QED) is 0.777. The lowest BCUT2D eigenvalue weighted by Gasteiger charge is -2.15. The number of aromatic nitrogens is 1. The molecule has 0 fully saturated rings. The first-order chi connectivity index (χ1) is 8.15. The Morgan fingerprint density at radius 3 is 2.82 bits per heavy atom. The van der Waals surface area contributed by atoms with Crippen LogP contribution in [0.3, 0.4) is 0 Å². The van der Waals surface area contributed by atoms with Gasteiger partial charge in [-0.15, -0.1) is 0 Å². The fraction of sp³-hybridized carbons (Fsp3) is 0.417. The van der Waals surface area contributed by atoms with Crippen molar-refractivity contribution in [3.05, 3.63) is 30.1 Å². The summed E-state index contributed by atoms with van der Waals surface area (Å²) in [7, 11) is 0. The third kappa shape index (κ3) is 4.22. The number of hydrogen-bond acceptors (Lipinski definition) is 3. The van der Waals surface area contributed by atoms with E-state index < -0.39 is 11.9 Å². The number of rotatable bonds is 6. The predicted molar refractivity (Wildman–Crippen MR) is 62.5 cm³/mol. The Morgan fingerprint density at radius 2 is 2.29 bits per heavy atom. The van der Waals surface area contributed by atoms with E-state index >= 15 is 0 Å². The fourth-order valence-corrected chi connectivity index (χ4v) is 1.60. The molecule has 1 rings (SSSR count). The molecule has 2 N–H and O–H groups in total. The van der Waals surface area contributed by atoms with Gasteiger partial charge in [-0.25, -0.2) is 0 Å². The van der Waals surface area contributed by atoms with Crippen molar-refractivity contribution >= 4 is 11.9 Å². The van der Waals surface area contributed by atoms with E-state index in [1.165, 1.54) is 0 Å². The van der Waals surface area contributed by atoms with E-state index in [0.29, 0.717) is 6.54 Å². The standard InChI is InChI=1S/C12H16N2O3/c1-2-14-12(17)10(5-6-11(15)16)9-4-3-7-13-8-9/h3-4,7-8,10H,2,5-6H2,1H3,(H,14,17)(H,15,16). The van der Waals surface area contributed by atoms with Gasteiger partial charge in [0.2, 0.25) is 5.91 Å². The van der Waals surface area contributed by atoms with Gasteiger partial charge in [0.1, 0.15) is 0 Å². The molecule has 0 aromatic carbocycles. The van der Waals surface area contributed by atoms with Crippen molar-refractivity contribution in [1.82, 2.24) is 10.3 Å². The van der Waals surface area contributed by atoms with Crippen LogP contribution in [0.5, 0.6) is 0 Å². The van der Waals surface area contributed by atoms with Crippen molar-refractivity contribution in [2.45, 2.75) is 25.7 Å². The molecule has 1 amide bonds. The third-order valence-corrected chi connectivity index (χ3v) is 2.40. The maximum absolute atomic E-state index is 11.8. The Hall–Kier alpha value is -1.91. The Kier molecular flexibility index (Phi) is 5.13. The van der Waals surface area contributed by atoms with Crippen LogP contribution in [0.1, 0.15) is 31.2 Å². The maximum atomic E-state index is 11.8. The third-order valence-electron chi connectivity index (χ3n) is 2.40. The summed E-state index contributed by atoms with van der Waals surface area (Å²) in [6.07, 6.45) is 3.47. The lowest BCUT2D eigenvalue weighted by Crippen LogP contribution is -2.29. The molecule has 92 valence electrons. The molecule has 0 radical (unpaired) electrons. The minimum absolute atomic E-state index is 0.0311. The average Bonchev–Trinajstić information content (AvgIpc) is 2.30. The van der Waals surface area contributed by atoms with Crippen LogP contribution in [0.4, 0.5) is 0 Å². The molecule has 5 nitrogen and oxygen atoms in total. The molecule has 5 heteroatoms. The monoisotopic (exact) mass is 236 g/mol. The molecule has 0 bridgehead atoms. The van der Waals surface area contributed by atoms with E-state index in [9.17, 15) is 9.59 Å². The van der Waals surface area contributed by atoms with Crippen LogP contribution in [-0.4, -0.2) is 28.5 Å². The summed E-state index contributed by atoms with van der Waals surface area (Å²) in [5, 5.41) is 11.4. The second kappa shape index (κ2) is 6.62. The molecule has 0 saturated carbocycles. The molecule has 0 spiro atoms. The molecule has 1 aromatic heterocycles. The number of nitrogens with one attached hydrogen (secondary N) is 1. The van der Waals surface area contributed by atoms with Crippen LogP contribution in [0.2, 0.25) is 0 Å². The molecule has 17 heavy (non-hydrogen) atoms. The van der Waals surface area contributed by atoms with Crippen molar-refractivity contribution in [2.24, 2.45) is 0 Å². The topological polar surface area (TPSA) is 79.3 Å². The van der Waals surface area contributed by atoms with Gasteiger partial charge in [-0.3, -0.25) is 14.6 Å². The Morgan fingerprint density at radius 1 is 1.53 bits per heavy atom. The highest BCUT2D eigenvalue weighted by Crippen LogP contribution is 2.20. The smallest absolute Gasteiger partial charge is 0.303 e. The molecule has 0 aliphatic carbocycles. The first-order valence-electron chi connectivity index (χ1n) is 5.54. The van der Waals surface area contributed by atoms with Crippen LogP contribution < -0.4 is 5.32 Å². The summed E-state index contributed by atoms with van der Waals surface area (Å²) < 4.78 is 0. The highest BCUT2D eigenvalue weighted by Gasteiger charge is 2.20. The molecule has 1 heterocycles. The molecule has 0 aliphatic rings. The van der Waals surface area contributed by atoms with E-state index in [4.69, 9.17) is 5.11 Å². The lowest BCUT2D eigenvalue weighted by atomic mass is 9.94. The van der Waals surface area contributed by atoms with Gasteiger partial charge < -0.3 is 10.4 Å². The number of carbonyl (C=O) groups is 2. The zero-order valence-corrected chi connectivity index (χ0v) is 9.72. The normalized spacial score (nSPS) is 11.8. The fourth-order valence-electron chi connectivity index (χ4n) is 1.60. The van der Waals surface area contributed by atoms with Gasteiger partial charge >= 0.3 is 5.97 Å². The largest absolute Gasteiger partial charge is 0.481 e. The number of amides is 1. The second-order valence-corrected chi connectivity index (χ2v) is 3.67. The lowest BCUT2D eigenvalue weighted by molar-refractivity contribution is -0.137. The van der Waals surface area contributed by atoms with E-state index in [2.05, 4.69) is 10.3 Å². The van der Waals surface area contributed by atoms with Crippen LogP contribution in [-0.2, 0) is 9.59 Å². The van der Waals surface area contributed by atoms with Gasteiger partial charge in [-0.05, 0) is 25.0 Å². The number of aliphatic carboxylic acids is 1. The number of likely N-dealkylation sites (N-methyl/N-ethyl adjacent to an activating group) is 1. The molecule has 0 aliphatic heterocycles. The SMILES string of the molecule is CCNC(=O)C(CCC(=O)O)c1cccnc1. The number of pyridine rings is 1. The summed E-state index contributed by atoms with van der Waals surface area (Å²) in [6.45, 7) is 2.36. The first-order valence-corrected chi connectivity index (χ1v) is 5.54. The summed E-state index contributed by atoms with van der Waals surface area (Å²) >= 11 is 0. The second-order valence-electron chi connectivity index (χ2n) is 3.67. The van der Waals surface area contributed by atoms with E-state index in [1.807, 2.05) is 6.92 Å². The van der Waals surface area contributed by atoms with Crippen molar-refractivity contribution in [3.8, 4) is 0 Å². The average molecular weight is 236 g/mol. The van der Waals surface area contributed by atoms with Gasteiger partial charge in [-0.1, -0.05) is 6.07 Å². The number of nitrogens with zero attached hydrogens (tertiary/aromatic N) is 1. The van der Waals surface area contributed by atoms with Gasteiger partial charge in [0.25, 0.3) is 0 Å². The zero-order chi connectivity index (χ0) is 12.7. The predicted octanol–water partition coefficient (Wildman–Crippen LogP) is 1.17. The number of carboxylic acids is 1. The van der Waals surface area contributed by atoms with Crippen LogP contribution in [0.15, 0.2) is 24.5 Å². The van der Waals surface area contributed by atoms with Crippen molar-refractivity contribution in [1.29, 1.82) is 0 Å². The van der Waals surface area contributed by atoms with Crippen molar-refractivity contribution in [3.63, 3.8) is 0 Å². The van der Waals surface area contributed by atoms with E-state index in [0.717, 1.165) is 5.56 Å². The Balaban J connectivity index is 2.78.